The van der Waals surface area contributed by atoms with Crippen LogP contribution in [0.4, 0.5) is 0 Å². The number of quaternary nitrogens is 1. The molecule has 19 heavy (non-hydrogen) atoms. The Morgan fingerprint density at radius 2 is 2.00 bits per heavy atom. The van der Waals surface area contributed by atoms with Gasteiger partial charge in [-0.3, -0.25) is 9.69 Å². The number of hydrogen-bond donors (Lipinski definition) is 1. The number of hydrogen-bond acceptors (Lipinski definition) is 2. The first kappa shape index (κ1) is 15.6. The van der Waals surface area contributed by atoms with E-state index in [0.717, 1.165) is 16.9 Å². The molecule has 3 nitrogen and oxygen atoms in total. The highest BCUT2D eigenvalue weighted by atomic mass is 35.5. The molecule has 2 unspecified atom stereocenters. The Bertz CT molecular complexity index is 467. The Hall–Kier alpha value is -1.45. The molecule has 0 aromatic heterocycles. The van der Waals surface area contributed by atoms with Crippen molar-refractivity contribution in [2.24, 2.45) is 4.99 Å². The van der Waals surface area contributed by atoms with E-state index >= 15 is 0 Å². The molecule has 2 rings (SSSR count). The third-order valence-electron chi connectivity index (χ3n) is 3.39. The van der Waals surface area contributed by atoms with Crippen LogP contribution in [0.3, 0.4) is 0 Å². The molecule has 0 saturated carbocycles. The van der Waals surface area contributed by atoms with Crippen LogP contribution in [0.25, 0.3) is 0 Å². The lowest BCUT2D eigenvalue weighted by Crippen LogP contribution is -3.06. The molecule has 0 bridgehead atoms. The predicted molar refractivity (Wildman–Crippen MR) is 72.9 cm³/mol. The summed E-state index contributed by atoms with van der Waals surface area (Å²) >= 11 is 0. The first-order chi connectivity index (χ1) is 8.70. The molecular weight excluding hydrogens is 260 g/mol. The van der Waals surface area contributed by atoms with Crippen LogP contribution in [0.2, 0.25) is 0 Å². The van der Waals surface area contributed by atoms with E-state index in [2.05, 4.69) is 31.0 Å². The van der Waals surface area contributed by atoms with Gasteiger partial charge >= 0.3 is 0 Å². The van der Waals surface area contributed by atoms with Gasteiger partial charge in [0.25, 0.3) is 0 Å². The van der Waals surface area contributed by atoms with Gasteiger partial charge < -0.3 is 12.4 Å². The summed E-state index contributed by atoms with van der Waals surface area (Å²) in [4.78, 5) is 17.0. The molecule has 0 saturated heterocycles. The number of nitrogens with zero attached hydrogens (tertiary/aromatic N) is 1. The number of ketones is 1. The van der Waals surface area contributed by atoms with Crippen molar-refractivity contribution in [1.82, 2.24) is 0 Å². The minimum absolute atomic E-state index is 0. The van der Waals surface area contributed by atoms with Gasteiger partial charge in [0.1, 0.15) is 6.20 Å². The van der Waals surface area contributed by atoms with Crippen molar-refractivity contribution < 1.29 is 22.1 Å². The molecule has 0 amide bonds. The molecule has 1 aromatic carbocycles. The summed E-state index contributed by atoms with van der Waals surface area (Å²) in [6, 6.07) is 7.98. The fourth-order valence-corrected chi connectivity index (χ4v) is 1.95. The monoisotopic (exact) mass is 278 g/mol. The smallest absolute Gasteiger partial charge is 0.217 e. The third kappa shape index (κ3) is 4.01. The fraction of sp³-hybridized carbons (Fsp3) is 0.333. The van der Waals surface area contributed by atoms with Crippen LogP contribution in [0.5, 0.6) is 0 Å². The van der Waals surface area contributed by atoms with Gasteiger partial charge in [0.2, 0.25) is 5.78 Å². The minimum Gasteiger partial charge on any atom is -1.00 e. The molecule has 0 spiro atoms. The lowest BCUT2D eigenvalue weighted by Gasteiger charge is -2.09. The molecule has 102 valence electrons. The van der Waals surface area contributed by atoms with E-state index in [0.29, 0.717) is 12.5 Å². The number of rotatable bonds is 5. The Balaban J connectivity index is 0.00000180. The van der Waals surface area contributed by atoms with Crippen molar-refractivity contribution in [2.45, 2.75) is 26.2 Å². The van der Waals surface area contributed by atoms with Gasteiger partial charge in [-0.2, -0.15) is 0 Å². The van der Waals surface area contributed by atoms with E-state index < -0.39 is 0 Å². The van der Waals surface area contributed by atoms with Crippen LogP contribution >= 0.6 is 0 Å². The molecule has 1 heterocycles. The van der Waals surface area contributed by atoms with Crippen molar-refractivity contribution in [3.05, 3.63) is 47.8 Å². The molecular formula is C15H19ClN2O. The summed E-state index contributed by atoms with van der Waals surface area (Å²) in [6.07, 6.45) is 6.46. The van der Waals surface area contributed by atoms with Gasteiger partial charge in [0, 0.05) is 5.56 Å². The van der Waals surface area contributed by atoms with E-state index in [1.807, 2.05) is 18.3 Å². The second-order valence-corrected chi connectivity index (χ2v) is 4.70. The molecule has 0 fully saturated rings. The van der Waals surface area contributed by atoms with E-state index in [-0.39, 0.29) is 18.2 Å². The molecule has 1 N–H and O–H groups in total. The van der Waals surface area contributed by atoms with E-state index in [1.54, 1.807) is 12.5 Å². The van der Waals surface area contributed by atoms with Crippen LogP contribution in [0, 0.1) is 0 Å². The van der Waals surface area contributed by atoms with Crippen LogP contribution < -0.4 is 17.3 Å². The SMILES string of the molecule is CCC(C)c1ccc(C(=O)C[NH+]2C=CN=C2)cc1.[Cl-]. The topological polar surface area (TPSA) is 33.9 Å². The summed E-state index contributed by atoms with van der Waals surface area (Å²) in [5.74, 6) is 0.701. The highest BCUT2D eigenvalue weighted by Gasteiger charge is 2.14. The summed E-state index contributed by atoms with van der Waals surface area (Å²) in [5.41, 5.74) is 2.08. The Morgan fingerprint density at radius 1 is 1.32 bits per heavy atom. The van der Waals surface area contributed by atoms with Crippen LogP contribution in [0.1, 0.15) is 42.1 Å². The maximum absolute atomic E-state index is 12.0. The summed E-state index contributed by atoms with van der Waals surface area (Å²) < 4.78 is 0. The predicted octanol–water partition coefficient (Wildman–Crippen LogP) is -1.22. The lowest BCUT2D eigenvalue weighted by molar-refractivity contribution is -0.725. The van der Waals surface area contributed by atoms with Gasteiger partial charge in [0.15, 0.2) is 12.9 Å². The molecule has 1 aliphatic heterocycles. The molecule has 0 radical (unpaired) electrons. The maximum atomic E-state index is 12.0. The lowest BCUT2D eigenvalue weighted by atomic mass is 9.97. The molecule has 0 aliphatic carbocycles. The van der Waals surface area contributed by atoms with E-state index in [1.165, 1.54) is 5.56 Å². The van der Waals surface area contributed by atoms with Crippen LogP contribution in [0.15, 0.2) is 41.7 Å². The van der Waals surface area contributed by atoms with Crippen molar-refractivity contribution in [2.75, 3.05) is 6.54 Å². The zero-order valence-electron chi connectivity index (χ0n) is 11.3. The number of carbonyl (C=O) groups excluding carboxylic acids is 1. The number of carbonyl (C=O) groups is 1. The zero-order chi connectivity index (χ0) is 13.0. The zero-order valence-corrected chi connectivity index (χ0v) is 12.0. The summed E-state index contributed by atoms with van der Waals surface area (Å²) in [7, 11) is 0. The van der Waals surface area contributed by atoms with Gasteiger partial charge in [-0.1, -0.05) is 38.1 Å². The highest BCUT2D eigenvalue weighted by Crippen LogP contribution is 2.18. The van der Waals surface area contributed by atoms with Crippen molar-refractivity contribution in [3.8, 4) is 0 Å². The van der Waals surface area contributed by atoms with Gasteiger partial charge in [-0.15, -0.1) is 0 Å². The van der Waals surface area contributed by atoms with Crippen LogP contribution in [-0.4, -0.2) is 18.7 Å². The quantitative estimate of drug-likeness (QED) is 0.674. The Morgan fingerprint density at radius 3 is 2.53 bits per heavy atom. The van der Waals surface area contributed by atoms with Crippen LogP contribution in [-0.2, 0) is 0 Å². The van der Waals surface area contributed by atoms with Crippen molar-refractivity contribution >= 4 is 12.1 Å². The third-order valence-corrected chi connectivity index (χ3v) is 3.39. The molecule has 1 aliphatic rings. The van der Waals surface area contributed by atoms with Gasteiger partial charge in [-0.05, 0) is 17.9 Å². The second kappa shape index (κ2) is 7.22. The first-order valence-corrected chi connectivity index (χ1v) is 6.39. The van der Waals surface area contributed by atoms with Crippen molar-refractivity contribution in [1.29, 1.82) is 0 Å². The number of nitrogens with one attached hydrogen (secondary N) is 1. The van der Waals surface area contributed by atoms with Gasteiger partial charge in [0.05, 0.1) is 6.20 Å². The molecule has 1 aromatic rings. The minimum atomic E-state index is 0. The fourth-order valence-electron chi connectivity index (χ4n) is 1.95. The number of halogens is 1. The largest absolute Gasteiger partial charge is 1.00 e. The Labute approximate surface area is 120 Å². The van der Waals surface area contributed by atoms with E-state index in [4.69, 9.17) is 0 Å². The number of Topliss-reactive ketones (excluding diaryl/α,β-unsaturated/α-hetero) is 1. The van der Waals surface area contributed by atoms with Gasteiger partial charge in [-0.25, -0.2) is 4.99 Å². The maximum Gasteiger partial charge on any atom is 0.217 e. The normalized spacial score (nSPS) is 18.1. The standard InChI is InChI=1S/C15H18N2O.ClH/c1-3-12(2)13-4-6-14(7-5-13)15(18)10-17-9-8-16-11-17;/h4-9,11-12H,3,10H2,1-2H3;1H. The highest BCUT2D eigenvalue weighted by molar-refractivity contribution is 5.97. The number of aliphatic imine (C=N–C) groups is 1. The second-order valence-electron chi connectivity index (χ2n) is 4.70. The van der Waals surface area contributed by atoms with E-state index in [9.17, 15) is 4.79 Å². The summed E-state index contributed by atoms with van der Waals surface area (Å²) in [6.45, 7) is 4.81. The molecule has 2 atom stereocenters. The number of benzene rings is 1. The summed E-state index contributed by atoms with van der Waals surface area (Å²) in [5, 5.41) is 0. The molecule has 4 heteroatoms. The average molecular weight is 279 g/mol. The average Bonchev–Trinajstić information content (AvgIpc) is 2.91. The first-order valence-electron chi connectivity index (χ1n) is 6.39. The Kier molecular flexibility index (Phi) is 5.93. The van der Waals surface area contributed by atoms with Crippen molar-refractivity contribution in [3.63, 3.8) is 0 Å².